The first-order valence-electron chi connectivity index (χ1n) is 7.87. The van der Waals surface area contributed by atoms with E-state index in [1.165, 1.54) is 0 Å². The maximum atomic E-state index is 12.8. The van der Waals surface area contributed by atoms with Gasteiger partial charge in [0.15, 0.2) is 0 Å². The molecule has 23 heavy (non-hydrogen) atoms. The molecule has 1 aliphatic heterocycles. The molecule has 1 heterocycles. The summed E-state index contributed by atoms with van der Waals surface area (Å²) in [6.07, 6.45) is 0. The molecule has 0 bridgehead atoms. The second-order valence-corrected chi connectivity index (χ2v) is 5.99. The van der Waals surface area contributed by atoms with Gasteiger partial charge in [-0.05, 0) is 11.1 Å². The minimum Gasteiger partial charge on any atom is -0.394 e. The van der Waals surface area contributed by atoms with E-state index < -0.39 is 0 Å². The van der Waals surface area contributed by atoms with Gasteiger partial charge in [-0.2, -0.15) is 0 Å². The molecule has 2 aromatic rings. The lowest BCUT2D eigenvalue weighted by atomic mass is 9.92. The van der Waals surface area contributed by atoms with Crippen LogP contribution in [0.2, 0.25) is 0 Å². The van der Waals surface area contributed by atoms with Crippen LogP contribution in [0.4, 0.5) is 0 Å². The molecular formula is C20H21NO2. The Balaban J connectivity index is 2.06. The summed E-state index contributed by atoms with van der Waals surface area (Å²) in [5.74, 6) is -0.0584. The summed E-state index contributed by atoms with van der Waals surface area (Å²) < 4.78 is 0. The standard InChI is InChI=1S/C20H21NO2/c1-14-15(2)20(23)21(19(14)17-11-7-4-8-12-17)18(13-22)16-9-5-3-6-10-16/h3-12,14,18-19,22H,2,13H2,1H3/t14-,18+,19-/m0/s1. The number of rotatable bonds is 4. The van der Waals surface area contributed by atoms with E-state index in [-0.39, 0.29) is 30.5 Å². The van der Waals surface area contributed by atoms with Crippen molar-refractivity contribution in [3.8, 4) is 0 Å². The van der Waals surface area contributed by atoms with Crippen LogP contribution in [-0.4, -0.2) is 22.5 Å². The van der Waals surface area contributed by atoms with E-state index in [9.17, 15) is 9.90 Å². The van der Waals surface area contributed by atoms with E-state index in [2.05, 4.69) is 6.58 Å². The first-order chi connectivity index (χ1) is 11.1. The van der Waals surface area contributed by atoms with Crippen LogP contribution in [-0.2, 0) is 4.79 Å². The molecule has 1 N–H and O–H groups in total. The lowest BCUT2D eigenvalue weighted by Crippen LogP contribution is -2.35. The van der Waals surface area contributed by atoms with E-state index in [1.807, 2.05) is 67.6 Å². The first-order valence-corrected chi connectivity index (χ1v) is 7.87. The van der Waals surface area contributed by atoms with E-state index in [0.29, 0.717) is 5.57 Å². The lowest BCUT2D eigenvalue weighted by Gasteiger charge is -2.34. The third kappa shape index (κ3) is 2.68. The number of hydrogen-bond donors (Lipinski definition) is 1. The highest BCUT2D eigenvalue weighted by Gasteiger charge is 2.44. The Labute approximate surface area is 136 Å². The molecule has 3 rings (SSSR count). The molecule has 0 saturated carbocycles. The molecule has 1 aliphatic rings. The Hall–Kier alpha value is -2.39. The predicted molar refractivity (Wildman–Crippen MR) is 90.6 cm³/mol. The molecule has 1 amide bonds. The van der Waals surface area contributed by atoms with Crippen LogP contribution < -0.4 is 0 Å². The van der Waals surface area contributed by atoms with Gasteiger partial charge in [0.1, 0.15) is 0 Å². The van der Waals surface area contributed by atoms with Crippen LogP contribution in [0.1, 0.15) is 30.1 Å². The van der Waals surface area contributed by atoms with Gasteiger partial charge < -0.3 is 10.0 Å². The van der Waals surface area contributed by atoms with Gasteiger partial charge in [-0.15, -0.1) is 0 Å². The van der Waals surface area contributed by atoms with Crippen LogP contribution in [0, 0.1) is 5.92 Å². The van der Waals surface area contributed by atoms with Crippen LogP contribution in [0.25, 0.3) is 0 Å². The van der Waals surface area contributed by atoms with Crippen LogP contribution in [0.5, 0.6) is 0 Å². The molecule has 0 aromatic heterocycles. The molecule has 2 aromatic carbocycles. The number of hydrogen-bond acceptors (Lipinski definition) is 2. The highest BCUT2D eigenvalue weighted by atomic mass is 16.3. The average Bonchev–Trinajstić information content (AvgIpc) is 2.82. The fraction of sp³-hybridized carbons (Fsp3) is 0.250. The maximum absolute atomic E-state index is 12.8. The molecule has 1 saturated heterocycles. The van der Waals surface area contributed by atoms with Crippen molar-refractivity contribution >= 4 is 5.91 Å². The van der Waals surface area contributed by atoms with Crippen molar-refractivity contribution in [1.29, 1.82) is 0 Å². The van der Waals surface area contributed by atoms with E-state index >= 15 is 0 Å². The fourth-order valence-corrected chi connectivity index (χ4v) is 3.38. The Bertz CT molecular complexity index is 696. The summed E-state index contributed by atoms with van der Waals surface area (Å²) in [6, 6.07) is 19.2. The number of carbonyl (C=O) groups excluding carboxylic acids is 1. The third-order valence-corrected chi connectivity index (χ3v) is 4.67. The molecule has 3 atom stereocenters. The lowest BCUT2D eigenvalue weighted by molar-refractivity contribution is -0.130. The van der Waals surface area contributed by atoms with Gasteiger partial charge in [-0.1, -0.05) is 74.2 Å². The van der Waals surface area contributed by atoms with Crippen LogP contribution >= 0.6 is 0 Å². The van der Waals surface area contributed by atoms with Gasteiger partial charge in [0.05, 0.1) is 18.7 Å². The highest BCUT2D eigenvalue weighted by Crippen LogP contribution is 2.44. The summed E-state index contributed by atoms with van der Waals surface area (Å²) in [6.45, 7) is 5.89. The second-order valence-electron chi connectivity index (χ2n) is 5.99. The molecule has 0 spiro atoms. The van der Waals surface area contributed by atoms with Crippen molar-refractivity contribution in [2.45, 2.75) is 19.0 Å². The molecule has 3 heteroatoms. The van der Waals surface area contributed by atoms with Crippen molar-refractivity contribution in [1.82, 2.24) is 4.90 Å². The Morgan fingerprint density at radius 1 is 1.09 bits per heavy atom. The number of likely N-dealkylation sites (tertiary alicyclic amines) is 1. The normalized spacial score (nSPS) is 22.4. The highest BCUT2D eigenvalue weighted by molar-refractivity contribution is 5.96. The van der Waals surface area contributed by atoms with Gasteiger partial charge in [0, 0.05) is 11.5 Å². The third-order valence-electron chi connectivity index (χ3n) is 4.67. The summed E-state index contributed by atoms with van der Waals surface area (Å²) in [7, 11) is 0. The fourth-order valence-electron chi connectivity index (χ4n) is 3.38. The first kappa shape index (κ1) is 15.5. The van der Waals surface area contributed by atoms with Gasteiger partial charge in [-0.25, -0.2) is 0 Å². The van der Waals surface area contributed by atoms with E-state index in [0.717, 1.165) is 11.1 Å². The van der Waals surface area contributed by atoms with Crippen molar-refractivity contribution in [3.63, 3.8) is 0 Å². The van der Waals surface area contributed by atoms with Gasteiger partial charge in [-0.3, -0.25) is 4.79 Å². The van der Waals surface area contributed by atoms with Crippen molar-refractivity contribution in [3.05, 3.63) is 83.9 Å². The number of carbonyl (C=O) groups is 1. The largest absolute Gasteiger partial charge is 0.394 e. The monoisotopic (exact) mass is 307 g/mol. The smallest absolute Gasteiger partial charge is 0.250 e. The molecule has 0 radical (unpaired) electrons. The molecule has 3 nitrogen and oxygen atoms in total. The SMILES string of the molecule is C=C1C(=O)N([C@H](CO)c2ccccc2)[C@H](c2ccccc2)[C@H]1C. The Morgan fingerprint density at radius 2 is 1.65 bits per heavy atom. The number of amides is 1. The van der Waals surface area contributed by atoms with Crippen LogP contribution in [0.15, 0.2) is 72.8 Å². The quantitative estimate of drug-likeness (QED) is 0.878. The zero-order chi connectivity index (χ0) is 16.4. The van der Waals surface area contributed by atoms with Crippen molar-refractivity contribution in [2.24, 2.45) is 5.92 Å². The van der Waals surface area contributed by atoms with E-state index in [1.54, 1.807) is 4.90 Å². The molecule has 118 valence electrons. The maximum Gasteiger partial charge on any atom is 0.250 e. The minimum absolute atomic E-state index is 0.0164. The van der Waals surface area contributed by atoms with Gasteiger partial charge >= 0.3 is 0 Å². The van der Waals surface area contributed by atoms with Gasteiger partial charge in [0.2, 0.25) is 0 Å². The summed E-state index contributed by atoms with van der Waals surface area (Å²) in [5.41, 5.74) is 2.61. The van der Waals surface area contributed by atoms with Crippen molar-refractivity contribution < 1.29 is 9.90 Å². The number of benzene rings is 2. The van der Waals surface area contributed by atoms with Gasteiger partial charge in [0.25, 0.3) is 5.91 Å². The second kappa shape index (κ2) is 6.39. The molecular weight excluding hydrogens is 286 g/mol. The molecule has 0 aliphatic carbocycles. The number of aliphatic hydroxyl groups is 1. The Morgan fingerprint density at radius 3 is 2.22 bits per heavy atom. The number of aliphatic hydroxyl groups excluding tert-OH is 1. The van der Waals surface area contributed by atoms with E-state index in [4.69, 9.17) is 0 Å². The zero-order valence-electron chi connectivity index (χ0n) is 13.2. The topological polar surface area (TPSA) is 40.5 Å². The predicted octanol–water partition coefficient (Wildman–Crippen LogP) is 3.50. The number of nitrogens with zero attached hydrogens (tertiary/aromatic N) is 1. The molecule has 0 unspecified atom stereocenters. The van der Waals surface area contributed by atoms with Crippen molar-refractivity contribution in [2.75, 3.05) is 6.61 Å². The summed E-state index contributed by atoms with van der Waals surface area (Å²) >= 11 is 0. The average molecular weight is 307 g/mol. The summed E-state index contributed by atoms with van der Waals surface area (Å²) in [4.78, 5) is 14.6. The minimum atomic E-state index is -0.365. The van der Waals surface area contributed by atoms with Crippen LogP contribution in [0.3, 0.4) is 0 Å². The Kier molecular flexibility index (Phi) is 4.30. The molecule has 1 fully saturated rings. The zero-order valence-corrected chi connectivity index (χ0v) is 13.2. The summed E-state index contributed by atoms with van der Waals surface area (Å²) in [5, 5.41) is 9.97.